The van der Waals surface area contributed by atoms with Gasteiger partial charge in [0.2, 0.25) is 0 Å². The maximum atomic E-state index is 12.0. The Balaban J connectivity index is 1.96. The van der Waals surface area contributed by atoms with Crippen molar-refractivity contribution in [3.8, 4) is 11.8 Å². The zero-order valence-electron chi connectivity index (χ0n) is 12.0. The number of hydrogen-bond acceptors (Lipinski definition) is 3. The van der Waals surface area contributed by atoms with E-state index in [1.54, 1.807) is 12.3 Å². The first-order valence-electron chi connectivity index (χ1n) is 6.78. The lowest BCUT2D eigenvalue weighted by molar-refractivity contribution is 0.0999. The minimum absolute atomic E-state index is 0.0594. The quantitative estimate of drug-likeness (QED) is 0.690. The molecule has 1 aromatic carbocycles. The number of aromatic nitrogens is 1. The molecule has 1 aliphatic rings. The highest BCUT2D eigenvalue weighted by Gasteiger charge is 2.18. The molecule has 0 radical (unpaired) electrons. The largest absolute Gasteiger partial charge is 0.294 e. The number of aliphatic imine (C=N–C) groups is 1. The molecule has 0 unspecified atom stereocenters. The second kappa shape index (κ2) is 5.34. The number of carbonyl (C=O) groups excluding carboxylic acids is 1. The van der Waals surface area contributed by atoms with Gasteiger partial charge in [-0.1, -0.05) is 24.0 Å². The van der Waals surface area contributed by atoms with Gasteiger partial charge in [-0.25, -0.2) is 9.98 Å². The average molecular weight is 274 g/mol. The van der Waals surface area contributed by atoms with E-state index in [1.165, 1.54) is 5.56 Å². The molecular weight excluding hydrogens is 260 g/mol. The van der Waals surface area contributed by atoms with Gasteiger partial charge in [0.15, 0.2) is 11.6 Å². The van der Waals surface area contributed by atoms with Gasteiger partial charge in [0.1, 0.15) is 0 Å². The first-order chi connectivity index (χ1) is 10.1. The molecule has 0 spiro atoms. The van der Waals surface area contributed by atoms with Crippen molar-refractivity contribution in [2.45, 2.75) is 20.3 Å². The smallest absolute Gasteiger partial charge is 0.172 e. The van der Waals surface area contributed by atoms with E-state index in [4.69, 9.17) is 0 Å². The van der Waals surface area contributed by atoms with Crippen molar-refractivity contribution in [3.63, 3.8) is 0 Å². The molecule has 0 bridgehead atoms. The molecule has 102 valence electrons. The van der Waals surface area contributed by atoms with Crippen molar-refractivity contribution in [1.29, 1.82) is 0 Å². The van der Waals surface area contributed by atoms with Gasteiger partial charge < -0.3 is 0 Å². The van der Waals surface area contributed by atoms with Crippen LogP contribution in [0.25, 0.3) is 0 Å². The summed E-state index contributed by atoms with van der Waals surface area (Å²) in [6, 6.07) is 9.78. The molecule has 0 atom stereocenters. The minimum atomic E-state index is 0.0594. The van der Waals surface area contributed by atoms with Crippen molar-refractivity contribution in [3.05, 3.63) is 58.8 Å². The lowest BCUT2D eigenvalue weighted by atomic mass is 10.0. The van der Waals surface area contributed by atoms with Crippen molar-refractivity contribution >= 4 is 17.3 Å². The fraction of sp³-hybridized carbons (Fsp3) is 0.167. The van der Waals surface area contributed by atoms with Gasteiger partial charge in [0.25, 0.3) is 0 Å². The number of pyridine rings is 1. The first-order valence-corrected chi connectivity index (χ1v) is 6.78. The second-order valence-corrected chi connectivity index (χ2v) is 5.16. The number of Topliss-reactive ketones (excluding diaryl/α,β-unsaturated/α-hetero) is 1. The van der Waals surface area contributed by atoms with Crippen LogP contribution in [0.15, 0.2) is 41.5 Å². The number of hydrogen-bond donors (Lipinski definition) is 0. The topological polar surface area (TPSA) is 42.3 Å². The second-order valence-electron chi connectivity index (χ2n) is 5.16. The van der Waals surface area contributed by atoms with Crippen molar-refractivity contribution in [1.82, 2.24) is 4.98 Å². The van der Waals surface area contributed by atoms with Gasteiger partial charge in [0.05, 0.1) is 5.56 Å². The summed E-state index contributed by atoms with van der Waals surface area (Å²) in [7, 11) is 0. The number of ketones is 1. The van der Waals surface area contributed by atoms with Crippen molar-refractivity contribution in [2.75, 3.05) is 0 Å². The summed E-state index contributed by atoms with van der Waals surface area (Å²) < 4.78 is 0. The Morgan fingerprint density at radius 1 is 1.10 bits per heavy atom. The minimum Gasteiger partial charge on any atom is -0.294 e. The fourth-order valence-electron chi connectivity index (χ4n) is 2.24. The molecule has 1 aliphatic heterocycles. The number of nitrogens with zero attached hydrogens (tertiary/aromatic N) is 2. The summed E-state index contributed by atoms with van der Waals surface area (Å²) in [5.41, 5.74) is 4.23. The van der Waals surface area contributed by atoms with Gasteiger partial charge in [-0.2, -0.15) is 0 Å². The normalized spacial score (nSPS) is 13.0. The van der Waals surface area contributed by atoms with E-state index in [9.17, 15) is 4.79 Å². The number of rotatable bonds is 0. The SMILES string of the molecule is CC1=Nc2ncc(C#Cc3cccc(C)c3)cc2C(=O)C1. The Kier molecular flexibility index (Phi) is 3.37. The van der Waals surface area contributed by atoms with E-state index in [-0.39, 0.29) is 5.78 Å². The van der Waals surface area contributed by atoms with E-state index in [1.807, 2.05) is 38.1 Å². The molecule has 3 heteroatoms. The highest BCUT2D eigenvalue weighted by atomic mass is 16.1. The van der Waals surface area contributed by atoms with Crippen LogP contribution in [0.1, 0.15) is 40.4 Å². The molecular formula is C18H14N2O. The molecule has 3 nitrogen and oxygen atoms in total. The number of carbonyl (C=O) groups is 1. The summed E-state index contributed by atoms with van der Waals surface area (Å²) in [6.45, 7) is 3.87. The molecule has 2 aromatic rings. The lowest BCUT2D eigenvalue weighted by Crippen LogP contribution is -2.11. The Morgan fingerprint density at radius 3 is 2.71 bits per heavy atom. The number of fused-ring (bicyclic) bond motifs is 1. The molecule has 2 heterocycles. The van der Waals surface area contributed by atoms with Crippen LogP contribution < -0.4 is 0 Å². The summed E-state index contributed by atoms with van der Waals surface area (Å²) in [6.07, 6.45) is 2.03. The van der Waals surface area contributed by atoms with E-state index in [0.29, 0.717) is 17.8 Å². The van der Waals surface area contributed by atoms with Gasteiger partial charge in [-0.3, -0.25) is 4.79 Å². The monoisotopic (exact) mass is 274 g/mol. The predicted molar refractivity (Wildman–Crippen MR) is 83.1 cm³/mol. The maximum absolute atomic E-state index is 12.0. The van der Waals surface area contributed by atoms with Crippen LogP contribution in [-0.2, 0) is 0 Å². The maximum Gasteiger partial charge on any atom is 0.172 e. The van der Waals surface area contributed by atoms with Crippen LogP contribution in [0, 0.1) is 18.8 Å². The van der Waals surface area contributed by atoms with Gasteiger partial charge in [0, 0.05) is 29.5 Å². The third kappa shape index (κ3) is 2.90. The number of benzene rings is 1. The van der Waals surface area contributed by atoms with Crippen LogP contribution in [-0.4, -0.2) is 16.5 Å². The summed E-state index contributed by atoms with van der Waals surface area (Å²) >= 11 is 0. The van der Waals surface area contributed by atoms with Crippen LogP contribution in [0.4, 0.5) is 5.82 Å². The van der Waals surface area contributed by atoms with E-state index >= 15 is 0 Å². The molecule has 0 amide bonds. The van der Waals surface area contributed by atoms with Crippen LogP contribution in [0.3, 0.4) is 0 Å². The van der Waals surface area contributed by atoms with Crippen molar-refractivity contribution < 1.29 is 4.79 Å². The molecule has 0 aliphatic carbocycles. The van der Waals surface area contributed by atoms with E-state index in [2.05, 4.69) is 21.8 Å². The standard InChI is InChI=1S/C18H14N2O/c1-12-4-3-5-14(8-12)6-7-15-10-16-17(21)9-13(2)20-18(16)19-11-15/h3-5,8,10-11H,9H2,1-2H3. The van der Waals surface area contributed by atoms with Gasteiger partial charge in [-0.05, 0) is 37.6 Å². The third-order valence-electron chi connectivity index (χ3n) is 3.25. The molecule has 0 fully saturated rings. The average Bonchev–Trinajstić information content (AvgIpc) is 2.45. The Morgan fingerprint density at radius 2 is 1.90 bits per heavy atom. The predicted octanol–water partition coefficient (Wildman–Crippen LogP) is 3.47. The molecule has 0 saturated carbocycles. The molecule has 0 saturated heterocycles. The van der Waals surface area contributed by atoms with E-state index < -0.39 is 0 Å². The zero-order valence-corrected chi connectivity index (χ0v) is 12.0. The lowest BCUT2D eigenvalue weighted by Gasteiger charge is -2.10. The van der Waals surface area contributed by atoms with Crippen LogP contribution in [0.5, 0.6) is 0 Å². The Bertz CT molecular complexity index is 823. The summed E-state index contributed by atoms with van der Waals surface area (Å²) in [5.74, 6) is 6.72. The van der Waals surface area contributed by atoms with Gasteiger partial charge in [-0.15, -0.1) is 0 Å². The summed E-state index contributed by atoms with van der Waals surface area (Å²) in [5, 5.41) is 0. The van der Waals surface area contributed by atoms with Crippen LogP contribution >= 0.6 is 0 Å². The Labute approximate surface area is 123 Å². The van der Waals surface area contributed by atoms with Crippen molar-refractivity contribution in [2.24, 2.45) is 4.99 Å². The molecule has 1 aromatic heterocycles. The highest BCUT2D eigenvalue weighted by Crippen LogP contribution is 2.23. The first kappa shape index (κ1) is 13.3. The molecule has 3 rings (SSSR count). The Hall–Kier alpha value is -2.73. The third-order valence-corrected chi connectivity index (χ3v) is 3.25. The van der Waals surface area contributed by atoms with Crippen LogP contribution in [0.2, 0.25) is 0 Å². The summed E-state index contributed by atoms with van der Waals surface area (Å²) in [4.78, 5) is 20.5. The number of aryl methyl sites for hydroxylation is 1. The fourth-order valence-corrected chi connectivity index (χ4v) is 2.24. The zero-order chi connectivity index (χ0) is 14.8. The molecule has 21 heavy (non-hydrogen) atoms. The highest BCUT2D eigenvalue weighted by molar-refractivity contribution is 6.14. The van der Waals surface area contributed by atoms with E-state index in [0.717, 1.165) is 16.8 Å². The van der Waals surface area contributed by atoms with Gasteiger partial charge >= 0.3 is 0 Å². The molecule has 0 N–H and O–H groups in total.